The number of rotatable bonds is 5. The van der Waals surface area contributed by atoms with Crippen LogP contribution in [0.4, 0.5) is 13.2 Å². The summed E-state index contributed by atoms with van der Waals surface area (Å²) in [4.78, 5) is 31.4. The number of thiophene rings is 1. The van der Waals surface area contributed by atoms with Gasteiger partial charge in [-0.1, -0.05) is 60.7 Å². The number of hydrogen-bond acceptors (Lipinski definition) is 4. The third-order valence-corrected chi connectivity index (χ3v) is 8.09. The highest BCUT2D eigenvalue weighted by atomic mass is 32.1. The molecule has 5 aromatic rings. The lowest BCUT2D eigenvalue weighted by molar-refractivity contribution is -0.139. The van der Waals surface area contributed by atoms with Crippen LogP contribution in [0, 0.1) is 12.8 Å². The Hall–Kier alpha value is -3.84. The summed E-state index contributed by atoms with van der Waals surface area (Å²) in [5, 5.41) is 7.70. The molecular formula is C33H28F3NO2S. The summed E-state index contributed by atoms with van der Waals surface area (Å²) in [6.45, 7) is 1.91. The maximum atomic E-state index is 13.8. The second kappa shape index (κ2) is 11.7. The molecule has 2 unspecified atom stereocenters. The highest BCUT2D eigenvalue weighted by Crippen LogP contribution is 2.43. The molecule has 204 valence electrons. The van der Waals surface area contributed by atoms with E-state index in [1.807, 2.05) is 72.3 Å². The number of carbonyl (C=O) groups excluding carboxylic acids is 2. The second-order valence-corrected chi connectivity index (χ2v) is 10.9. The van der Waals surface area contributed by atoms with Crippen LogP contribution in [0.1, 0.15) is 52.2 Å². The monoisotopic (exact) mass is 559 g/mol. The predicted octanol–water partition coefficient (Wildman–Crippen LogP) is 8.89. The van der Waals surface area contributed by atoms with Crippen LogP contribution in [-0.2, 0) is 11.2 Å². The van der Waals surface area contributed by atoms with E-state index in [1.165, 1.54) is 0 Å². The van der Waals surface area contributed by atoms with Crippen molar-refractivity contribution in [2.24, 2.45) is 5.92 Å². The SMILES string of the molecule is Cc1cc2ccccc2c2ccc3c(c12)C(=O)C(CCc1cccnc1)C(=O)C3CCC(F)(F)F.c1ccsc1. The Balaban J connectivity index is 0.000000582. The van der Waals surface area contributed by atoms with Crippen LogP contribution in [0.25, 0.3) is 21.5 Å². The fraction of sp³-hybridized carbons (Fsp3) is 0.242. The molecule has 3 aromatic carbocycles. The van der Waals surface area contributed by atoms with Gasteiger partial charge in [-0.05, 0) is 81.2 Å². The van der Waals surface area contributed by atoms with Gasteiger partial charge in [0.15, 0.2) is 11.6 Å². The third kappa shape index (κ3) is 5.85. The summed E-state index contributed by atoms with van der Waals surface area (Å²) in [6, 6.07) is 21.1. The molecule has 2 atom stereocenters. The van der Waals surface area contributed by atoms with Gasteiger partial charge in [0.25, 0.3) is 0 Å². The Bertz CT molecular complexity index is 1630. The van der Waals surface area contributed by atoms with E-state index in [1.54, 1.807) is 35.9 Å². The Labute approximate surface area is 234 Å². The molecule has 1 aliphatic carbocycles. The van der Waals surface area contributed by atoms with Gasteiger partial charge >= 0.3 is 6.18 Å². The summed E-state index contributed by atoms with van der Waals surface area (Å²) >= 11 is 1.71. The summed E-state index contributed by atoms with van der Waals surface area (Å²) in [7, 11) is 0. The molecule has 7 heteroatoms. The van der Waals surface area contributed by atoms with E-state index in [0.717, 1.165) is 32.7 Å². The quantitative estimate of drug-likeness (QED) is 0.160. The average Bonchev–Trinajstić information content (AvgIpc) is 3.53. The van der Waals surface area contributed by atoms with E-state index in [0.29, 0.717) is 17.5 Å². The van der Waals surface area contributed by atoms with E-state index in [-0.39, 0.29) is 18.6 Å². The zero-order valence-electron chi connectivity index (χ0n) is 21.9. The van der Waals surface area contributed by atoms with Crippen molar-refractivity contribution in [3.63, 3.8) is 0 Å². The summed E-state index contributed by atoms with van der Waals surface area (Å²) < 4.78 is 39.5. The van der Waals surface area contributed by atoms with E-state index >= 15 is 0 Å². The van der Waals surface area contributed by atoms with Gasteiger partial charge in [0.1, 0.15) is 0 Å². The van der Waals surface area contributed by atoms with Crippen LogP contribution < -0.4 is 0 Å². The molecule has 0 N–H and O–H groups in total. The number of alkyl halides is 3. The molecule has 2 heterocycles. The Morgan fingerprint density at radius 3 is 2.33 bits per heavy atom. The lowest BCUT2D eigenvalue weighted by Gasteiger charge is -2.31. The highest BCUT2D eigenvalue weighted by Gasteiger charge is 2.43. The predicted molar refractivity (Wildman–Crippen MR) is 154 cm³/mol. The Morgan fingerprint density at radius 1 is 0.875 bits per heavy atom. The maximum absolute atomic E-state index is 13.8. The molecule has 0 spiro atoms. The van der Waals surface area contributed by atoms with Crippen molar-refractivity contribution in [3.05, 3.63) is 112 Å². The maximum Gasteiger partial charge on any atom is 0.389 e. The number of aromatic nitrogens is 1. The largest absolute Gasteiger partial charge is 0.389 e. The van der Waals surface area contributed by atoms with Gasteiger partial charge in [-0.3, -0.25) is 14.6 Å². The molecule has 0 saturated heterocycles. The molecule has 3 nitrogen and oxygen atoms in total. The van der Waals surface area contributed by atoms with Gasteiger partial charge in [0.05, 0.1) is 5.92 Å². The van der Waals surface area contributed by atoms with Gasteiger partial charge in [-0.2, -0.15) is 24.5 Å². The third-order valence-electron chi connectivity index (χ3n) is 7.47. The Kier molecular flexibility index (Phi) is 8.12. The van der Waals surface area contributed by atoms with E-state index in [2.05, 4.69) is 4.98 Å². The fourth-order valence-electron chi connectivity index (χ4n) is 5.64. The normalized spacial score (nSPS) is 17.0. The van der Waals surface area contributed by atoms with Crippen molar-refractivity contribution in [2.75, 3.05) is 0 Å². The zero-order valence-corrected chi connectivity index (χ0v) is 22.8. The molecule has 0 saturated carbocycles. The van der Waals surface area contributed by atoms with E-state index in [4.69, 9.17) is 0 Å². The number of Topliss-reactive ketones (excluding diaryl/α,β-unsaturated/α-hetero) is 2. The minimum absolute atomic E-state index is 0.244. The Morgan fingerprint density at radius 2 is 1.65 bits per heavy atom. The number of aryl methyl sites for hydroxylation is 2. The van der Waals surface area contributed by atoms with Crippen molar-refractivity contribution in [2.45, 2.75) is 44.7 Å². The smallest absolute Gasteiger partial charge is 0.298 e. The van der Waals surface area contributed by atoms with Crippen LogP contribution in [-0.4, -0.2) is 22.7 Å². The number of carbonyl (C=O) groups is 2. The van der Waals surface area contributed by atoms with Crippen molar-refractivity contribution >= 4 is 44.4 Å². The van der Waals surface area contributed by atoms with Gasteiger partial charge in [0, 0.05) is 30.3 Å². The van der Waals surface area contributed by atoms with Gasteiger partial charge in [-0.15, -0.1) is 0 Å². The first-order valence-corrected chi connectivity index (χ1v) is 14.1. The van der Waals surface area contributed by atoms with Crippen molar-refractivity contribution in [1.82, 2.24) is 4.98 Å². The van der Waals surface area contributed by atoms with Crippen LogP contribution in [0.3, 0.4) is 0 Å². The number of nitrogens with zero attached hydrogens (tertiary/aromatic N) is 1. The second-order valence-electron chi connectivity index (χ2n) is 10.1. The number of hydrogen-bond donors (Lipinski definition) is 0. The number of fused-ring (bicyclic) bond motifs is 5. The summed E-state index contributed by atoms with van der Waals surface area (Å²) in [5.74, 6) is -2.63. The summed E-state index contributed by atoms with van der Waals surface area (Å²) in [5.41, 5.74) is 2.59. The first-order chi connectivity index (χ1) is 19.2. The van der Waals surface area contributed by atoms with E-state index in [9.17, 15) is 22.8 Å². The molecule has 0 aliphatic heterocycles. The van der Waals surface area contributed by atoms with Gasteiger partial charge in [-0.25, -0.2) is 0 Å². The molecule has 0 bridgehead atoms. The van der Waals surface area contributed by atoms with Crippen molar-refractivity contribution < 1.29 is 22.8 Å². The zero-order chi connectivity index (χ0) is 28.3. The topological polar surface area (TPSA) is 47.0 Å². The minimum Gasteiger partial charge on any atom is -0.298 e. The van der Waals surface area contributed by atoms with Gasteiger partial charge in [0.2, 0.25) is 0 Å². The van der Waals surface area contributed by atoms with Crippen molar-refractivity contribution in [3.8, 4) is 0 Å². The molecule has 0 fully saturated rings. The minimum atomic E-state index is -4.38. The molecule has 40 heavy (non-hydrogen) atoms. The fourth-order valence-corrected chi connectivity index (χ4v) is 6.10. The molecule has 0 amide bonds. The first kappa shape index (κ1) is 27.7. The number of ketones is 2. The van der Waals surface area contributed by atoms with Crippen LogP contribution in [0.2, 0.25) is 0 Å². The molecule has 2 aromatic heterocycles. The van der Waals surface area contributed by atoms with Crippen LogP contribution >= 0.6 is 11.3 Å². The number of benzene rings is 3. The molecule has 6 rings (SSSR count). The lowest BCUT2D eigenvalue weighted by Crippen LogP contribution is -2.36. The summed E-state index contributed by atoms with van der Waals surface area (Å²) in [6.07, 6.45) is -1.79. The van der Waals surface area contributed by atoms with Crippen LogP contribution in [0.5, 0.6) is 0 Å². The van der Waals surface area contributed by atoms with Crippen LogP contribution in [0.15, 0.2) is 89.9 Å². The molecule has 0 radical (unpaired) electrons. The number of halogens is 3. The first-order valence-electron chi connectivity index (χ1n) is 13.2. The standard InChI is InChI=1S/C29H24F3NO2.C4H4S/c1-17-15-19-6-2-3-7-20(19)21-10-11-22-23(12-13-29(30,31)32)27(34)24(28(35)26(22)25(17)21)9-8-18-5-4-14-33-16-18;1-2-4-5-3-1/h2-7,10-11,14-16,23-24H,8-9,12-13H2,1H3;1-4H. The molecule has 1 aliphatic rings. The number of pyridine rings is 1. The lowest BCUT2D eigenvalue weighted by atomic mass is 9.70. The highest BCUT2D eigenvalue weighted by molar-refractivity contribution is 7.07. The molecular weight excluding hydrogens is 531 g/mol. The van der Waals surface area contributed by atoms with E-state index < -0.39 is 30.2 Å². The van der Waals surface area contributed by atoms with Gasteiger partial charge < -0.3 is 0 Å². The van der Waals surface area contributed by atoms with Crippen molar-refractivity contribution in [1.29, 1.82) is 0 Å². The average molecular weight is 560 g/mol.